The van der Waals surface area contributed by atoms with Crippen LogP contribution in [-0.2, 0) is 0 Å². The number of rotatable bonds is 2. The summed E-state index contributed by atoms with van der Waals surface area (Å²) < 4.78 is 5.24. The van der Waals surface area contributed by atoms with E-state index in [2.05, 4.69) is 10.1 Å². The molecule has 1 aromatic heterocycles. The summed E-state index contributed by atoms with van der Waals surface area (Å²) in [5, 5.41) is 5.04. The summed E-state index contributed by atoms with van der Waals surface area (Å²) in [4.78, 5) is 4.32. The molecule has 0 bridgehead atoms. The Morgan fingerprint density at radius 1 is 1.00 bits per heavy atom. The molecule has 2 aromatic carbocycles. The van der Waals surface area contributed by atoms with Crippen LogP contribution in [0.3, 0.4) is 0 Å². The van der Waals surface area contributed by atoms with Gasteiger partial charge in [-0.2, -0.15) is 4.98 Å². The average molecular weight is 306 g/mol. The van der Waals surface area contributed by atoms with Crippen LogP contribution in [0, 0.1) is 0 Å². The normalized spacial score (nSPS) is 10.7. The summed E-state index contributed by atoms with van der Waals surface area (Å²) in [5.41, 5.74) is 7.72. The van der Waals surface area contributed by atoms with Gasteiger partial charge in [0.1, 0.15) is 0 Å². The molecule has 0 amide bonds. The minimum atomic E-state index is 0.328. The number of hydrogen-bond donors (Lipinski definition) is 1. The van der Waals surface area contributed by atoms with Crippen LogP contribution >= 0.6 is 23.2 Å². The number of halogens is 2. The van der Waals surface area contributed by atoms with E-state index in [0.29, 0.717) is 38.6 Å². The van der Waals surface area contributed by atoms with Crippen LogP contribution in [0.15, 0.2) is 47.0 Å². The third-order valence-electron chi connectivity index (χ3n) is 2.78. The average Bonchev–Trinajstić information content (AvgIpc) is 2.88. The van der Waals surface area contributed by atoms with E-state index >= 15 is 0 Å². The highest BCUT2D eigenvalue weighted by atomic mass is 35.5. The standard InChI is InChI=1S/C14H9Cl2N3O/c15-8-5-6-10(12(17)7-8)14-18-13(19-20-14)9-3-1-2-4-11(9)16/h1-7H,17H2. The first-order chi connectivity index (χ1) is 9.65. The maximum Gasteiger partial charge on any atom is 0.260 e. The lowest BCUT2D eigenvalue weighted by Crippen LogP contribution is -1.90. The van der Waals surface area contributed by atoms with Crippen LogP contribution < -0.4 is 5.73 Å². The van der Waals surface area contributed by atoms with Crippen molar-refractivity contribution in [3.05, 3.63) is 52.5 Å². The molecule has 0 unspecified atom stereocenters. The molecule has 0 spiro atoms. The number of nitrogen functional groups attached to an aromatic ring is 1. The maximum atomic E-state index is 6.10. The SMILES string of the molecule is Nc1cc(Cl)ccc1-c1nc(-c2ccccc2Cl)no1. The quantitative estimate of drug-likeness (QED) is 0.717. The second-order valence-corrected chi connectivity index (χ2v) is 4.98. The second-order valence-electron chi connectivity index (χ2n) is 4.13. The lowest BCUT2D eigenvalue weighted by molar-refractivity contribution is 0.432. The number of hydrogen-bond acceptors (Lipinski definition) is 4. The fourth-order valence-corrected chi connectivity index (χ4v) is 2.21. The summed E-state index contributed by atoms with van der Waals surface area (Å²) in [5.74, 6) is 0.744. The van der Waals surface area contributed by atoms with Crippen LogP contribution in [0.1, 0.15) is 0 Å². The largest absolute Gasteiger partial charge is 0.398 e. The lowest BCUT2D eigenvalue weighted by Gasteiger charge is -2.00. The molecule has 100 valence electrons. The van der Waals surface area contributed by atoms with E-state index in [1.807, 2.05) is 18.2 Å². The molecule has 0 aliphatic heterocycles. The third-order valence-corrected chi connectivity index (χ3v) is 3.35. The van der Waals surface area contributed by atoms with Gasteiger partial charge in [-0.1, -0.05) is 40.5 Å². The molecule has 0 aliphatic carbocycles. The van der Waals surface area contributed by atoms with Gasteiger partial charge in [0, 0.05) is 16.3 Å². The van der Waals surface area contributed by atoms with Crippen molar-refractivity contribution in [3.63, 3.8) is 0 Å². The molecular formula is C14H9Cl2N3O. The van der Waals surface area contributed by atoms with Crippen molar-refractivity contribution >= 4 is 28.9 Å². The monoisotopic (exact) mass is 305 g/mol. The Hall–Kier alpha value is -2.04. The van der Waals surface area contributed by atoms with E-state index in [1.54, 1.807) is 24.3 Å². The smallest absolute Gasteiger partial charge is 0.260 e. The van der Waals surface area contributed by atoms with E-state index in [9.17, 15) is 0 Å². The molecule has 0 atom stereocenters. The number of nitrogens with zero attached hydrogens (tertiary/aromatic N) is 2. The highest BCUT2D eigenvalue weighted by Gasteiger charge is 2.14. The summed E-state index contributed by atoms with van der Waals surface area (Å²) in [7, 11) is 0. The van der Waals surface area contributed by atoms with E-state index in [-0.39, 0.29) is 0 Å². The molecular weight excluding hydrogens is 297 g/mol. The van der Waals surface area contributed by atoms with Gasteiger partial charge >= 0.3 is 0 Å². The van der Waals surface area contributed by atoms with E-state index in [4.69, 9.17) is 33.5 Å². The van der Waals surface area contributed by atoms with Crippen molar-refractivity contribution in [3.8, 4) is 22.8 Å². The molecule has 0 radical (unpaired) electrons. The first kappa shape index (κ1) is 13.0. The van der Waals surface area contributed by atoms with Gasteiger partial charge in [-0.25, -0.2) is 0 Å². The third kappa shape index (κ3) is 2.35. The Labute approximate surface area is 125 Å². The minimum absolute atomic E-state index is 0.328. The van der Waals surface area contributed by atoms with Crippen LogP contribution in [0.5, 0.6) is 0 Å². The maximum absolute atomic E-state index is 6.10. The fraction of sp³-hybridized carbons (Fsp3) is 0. The summed E-state index contributed by atoms with van der Waals surface area (Å²) in [6.45, 7) is 0. The summed E-state index contributed by atoms with van der Waals surface area (Å²) in [6, 6.07) is 12.4. The Balaban J connectivity index is 2.04. The number of benzene rings is 2. The Kier molecular flexibility index (Phi) is 3.34. The molecule has 2 N–H and O–H groups in total. The van der Waals surface area contributed by atoms with Crippen molar-refractivity contribution in [2.24, 2.45) is 0 Å². The predicted octanol–water partition coefficient (Wildman–Crippen LogP) is 4.29. The van der Waals surface area contributed by atoms with Crippen LogP contribution in [-0.4, -0.2) is 10.1 Å². The van der Waals surface area contributed by atoms with Gasteiger partial charge < -0.3 is 10.3 Å². The van der Waals surface area contributed by atoms with Crippen molar-refractivity contribution in [1.29, 1.82) is 0 Å². The Morgan fingerprint density at radius 2 is 1.80 bits per heavy atom. The molecule has 1 heterocycles. The predicted molar refractivity (Wildman–Crippen MR) is 79.6 cm³/mol. The Bertz CT molecular complexity index is 771. The zero-order valence-corrected chi connectivity index (χ0v) is 11.7. The van der Waals surface area contributed by atoms with Crippen LogP contribution in [0.25, 0.3) is 22.8 Å². The van der Waals surface area contributed by atoms with Gasteiger partial charge in [0.05, 0.1) is 10.6 Å². The number of anilines is 1. The molecule has 20 heavy (non-hydrogen) atoms. The van der Waals surface area contributed by atoms with Crippen molar-refractivity contribution in [2.75, 3.05) is 5.73 Å². The summed E-state index contributed by atoms with van der Waals surface area (Å²) >= 11 is 12.0. The molecule has 0 saturated carbocycles. The Morgan fingerprint density at radius 3 is 2.55 bits per heavy atom. The van der Waals surface area contributed by atoms with Crippen molar-refractivity contribution in [2.45, 2.75) is 0 Å². The van der Waals surface area contributed by atoms with Crippen molar-refractivity contribution < 1.29 is 4.52 Å². The fourth-order valence-electron chi connectivity index (χ4n) is 1.81. The van der Waals surface area contributed by atoms with Crippen molar-refractivity contribution in [1.82, 2.24) is 10.1 Å². The highest BCUT2D eigenvalue weighted by molar-refractivity contribution is 6.33. The molecule has 0 aliphatic rings. The molecule has 0 fully saturated rings. The number of aromatic nitrogens is 2. The summed E-state index contributed by atoms with van der Waals surface area (Å²) in [6.07, 6.45) is 0. The zero-order chi connectivity index (χ0) is 14.1. The molecule has 4 nitrogen and oxygen atoms in total. The number of nitrogens with two attached hydrogens (primary N) is 1. The van der Waals surface area contributed by atoms with E-state index in [1.165, 1.54) is 0 Å². The van der Waals surface area contributed by atoms with E-state index < -0.39 is 0 Å². The first-order valence-electron chi connectivity index (χ1n) is 5.79. The van der Waals surface area contributed by atoms with Crippen LogP contribution in [0.2, 0.25) is 10.0 Å². The molecule has 3 rings (SSSR count). The van der Waals surface area contributed by atoms with Gasteiger partial charge in [-0.3, -0.25) is 0 Å². The van der Waals surface area contributed by atoms with Gasteiger partial charge in [-0.15, -0.1) is 0 Å². The highest BCUT2D eigenvalue weighted by Crippen LogP contribution is 2.30. The van der Waals surface area contributed by atoms with Gasteiger partial charge in [0.15, 0.2) is 0 Å². The van der Waals surface area contributed by atoms with Crippen LogP contribution in [0.4, 0.5) is 5.69 Å². The van der Waals surface area contributed by atoms with Gasteiger partial charge in [0.25, 0.3) is 5.89 Å². The van der Waals surface area contributed by atoms with Gasteiger partial charge in [-0.05, 0) is 30.3 Å². The molecule has 3 aromatic rings. The molecule has 0 saturated heterocycles. The lowest BCUT2D eigenvalue weighted by atomic mass is 10.2. The first-order valence-corrected chi connectivity index (χ1v) is 6.55. The topological polar surface area (TPSA) is 64.9 Å². The van der Waals surface area contributed by atoms with Gasteiger partial charge in [0.2, 0.25) is 5.82 Å². The van der Waals surface area contributed by atoms with E-state index in [0.717, 1.165) is 0 Å². The second kappa shape index (κ2) is 5.15. The minimum Gasteiger partial charge on any atom is -0.398 e. The zero-order valence-electron chi connectivity index (χ0n) is 10.2. The molecule has 6 heteroatoms.